The maximum atomic E-state index is 12.6. The molecule has 0 aliphatic heterocycles. The number of benzene rings is 2. The number of fused-ring (bicyclic) bond motifs is 3. The Labute approximate surface area is 171 Å². The average Bonchev–Trinajstić information content (AvgIpc) is 3.09. The molecule has 0 spiro atoms. The molecule has 28 heavy (non-hydrogen) atoms. The summed E-state index contributed by atoms with van der Waals surface area (Å²) in [6, 6.07) is 16.2. The van der Waals surface area contributed by atoms with Crippen molar-refractivity contribution in [3.8, 4) is 0 Å². The molecule has 2 heterocycles. The zero-order valence-corrected chi connectivity index (χ0v) is 16.9. The van der Waals surface area contributed by atoms with Gasteiger partial charge in [-0.05, 0) is 36.5 Å². The monoisotopic (exact) mass is 437 g/mol. The van der Waals surface area contributed by atoms with E-state index in [1.807, 2.05) is 42.5 Å². The third kappa shape index (κ3) is 3.06. The van der Waals surface area contributed by atoms with Crippen LogP contribution in [0.3, 0.4) is 0 Å². The Morgan fingerprint density at radius 1 is 1.14 bits per heavy atom. The first kappa shape index (κ1) is 17.6. The smallest absolute Gasteiger partial charge is 0.226 e. The Morgan fingerprint density at radius 2 is 1.96 bits per heavy atom. The molecular weight excluding hydrogens is 418 g/mol. The zero-order valence-electron chi connectivity index (χ0n) is 15.3. The van der Waals surface area contributed by atoms with Gasteiger partial charge in [-0.3, -0.25) is 0 Å². The normalized spacial score (nSPS) is 15.8. The lowest BCUT2D eigenvalue weighted by Gasteiger charge is -2.36. The van der Waals surface area contributed by atoms with Gasteiger partial charge in [0.15, 0.2) is 5.52 Å². The minimum Gasteiger partial charge on any atom is -0.618 e. The van der Waals surface area contributed by atoms with Crippen LogP contribution in [0.4, 0.5) is 0 Å². The Bertz CT molecular complexity index is 1150. The first-order valence-corrected chi connectivity index (χ1v) is 10.3. The maximum Gasteiger partial charge on any atom is 0.226 e. The van der Waals surface area contributed by atoms with E-state index in [4.69, 9.17) is 4.74 Å². The molecule has 6 heteroatoms. The predicted octanol–water partition coefficient (Wildman–Crippen LogP) is 4.84. The van der Waals surface area contributed by atoms with Crippen molar-refractivity contribution in [1.82, 2.24) is 9.97 Å². The summed E-state index contributed by atoms with van der Waals surface area (Å²) in [6.45, 7) is 0.892. The number of nitrogens with zero attached hydrogens (tertiary/aromatic N) is 2. The largest absolute Gasteiger partial charge is 0.618 e. The summed E-state index contributed by atoms with van der Waals surface area (Å²) in [7, 11) is 0. The fourth-order valence-corrected chi connectivity index (χ4v) is 4.61. The molecule has 1 N–H and O–H groups in total. The molecule has 0 radical (unpaired) electrons. The highest BCUT2D eigenvalue weighted by molar-refractivity contribution is 9.09. The highest BCUT2D eigenvalue weighted by Crippen LogP contribution is 2.49. The molecule has 2 aromatic heterocycles. The van der Waals surface area contributed by atoms with Crippen LogP contribution in [0.15, 0.2) is 54.7 Å². The number of ether oxygens (including phenoxy) is 1. The Hall–Kier alpha value is -2.44. The van der Waals surface area contributed by atoms with Gasteiger partial charge in [0, 0.05) is 6.07 Å². The second kappa shape index (κ2) is 6.87. The standard InChI is InChI=1S/C22H20BrN3O2/c23-22(9-4-10-22)16-7-8-17-19(11-16)26(27)12-18-21(17)25-20(24-18)14-28-13-15-5-2-1-3-6-15/h1-3,5-8,11-12H,4,9-10,13-14H2,(H,24,25). The minimum absolute atomic E-state index is 0.0214. The fraction of sp³-hybridized carbons (Fsp3) is 0.273. The molecule has 5 rings (SSSR count). The average molecular weight is 438 g/mol. The number of rotatable bonds is 5. The molecule has 2 aromatic carbocycles. The highest BCUT2D eigenvalue weighted by atomic mass is 79.9. The van der Waals surface area contributed by atoms with Crippen LogP contribution in [-0.2, 0) is 22.3 Å². The minimum atomic E-state index is 0.0214. The number of alkyl halides is 1. The number of aromatic nitrogens is 3. The van der Waals surface area contributed by atoms with Crippen molar-refractivity contribution < 1.29 is 9.47 Å². The van der Waals surface area contributed by atoms with Crippen LogP contribution in [0.5, 0.6) is 0 Å². The molecule has 1 aliphatic carbocycles. The van der Waals surface area contributed by atoms with Gasteiger partial charge in [-0.15, -0.1) is 0 Å². The molecule has 0 bridgehead atoms. The number of halogens is 1. The summed E-state index contributed by atoms with van der Waals surface area (Å²) in [5.74, 6) is 0.721. The second-order valence-corrected chi connectivity index (χ2v) is 8.95. The summed E-state index contributed by atoms with van der Waals surface area (Å²) >= 11 is 3.84. The quantitative estimate of drug-likeness (QED) is 0.276. The van der Waals surface area contributed by atoms with E-state index in [9.17, 15) is 5.21 Å². The molecule has 1 fully saturated rings. The van der Waals surface area contributed by atoms with Gasteiger partial charge < -0.3 is 14.9 Å². The number of pyridine rings is 1. The SMILES string of the molecule is [O-][n+]1cc2nc(COCc3ccccc3)[nH]c2c2ccc(C3(Br)CCC3)cc21. The van der Waals surface area contributed by atoms with Crippen LogP contribution in [0.2, 0.25) is 0 Å². The Kier molecular flexibility index (Phi) is 4.33. The van der Waals surface area contributed by atoms with Gasteiger partial charge in [0.1, 0.15) is 12.4 Å². The van der Waals surface area contributed by atoms with Crippen LogP contribution in [-0.4, -0.2) is 9.97 Å². The van der Waals surface area contributed by atoms with Crippen molar-refractivity contribution in [3.63, 3.8) is 0 Å². The van der Waals surface area contributed by atoms with E-state index in [1.165, 1.54) is 12.0 Å². The van der Waals surface area contributed by atoms with E-state index < -0.39 is 0 Å². The Balaban J connectivity index is 1.44. The summed E-state index contributed by atoms with van der Waals surface area (Å²) < 4.78 is 6.72. The number of aromatic amines is 1. The third-order valence-electron chi connectivity index (χ3n) is 5.54. The van der Waals surface area contributed by atoms with Crippen LogP contribution in [0, 0.1) is 5.21 Å². The molecule has 0 saturated heterocycles. The van der Waals surface area contributed by atoms with Crippen molar-refractivity contribution in [2.45, 2.75) is 36.8 Å². The number of nitrogens with one attached hydrogen (secondary N) is 1. The third-order valence-corrected chi connectivity index (χ3v) is 6.79. The number of hydrogen-bond donors (Lipinski definition) is 1. The van der Waals surface area contributed by atoms with Gasteiger partial charge in [-0.25, -0.2) is 4.98 Å². The molecule has 4 aromatic rings. The summed E-state index contributed by atoms with van der Waals surface area (Å²) in [5.41, 5.74) is 4.49. The number of H-pyrrole nitrogens is 1. The Morgan fingerprint density at radius 3 is 2.71 bits per heavy atom. The topological polar surface area (TPSA) is 64.8 Å². The highest BCUT2D eigenvalue weighted by Gasteiger charge is 2.36. The fourth-order valence-electron chi connectivity index (χ4n) is 3.81. The van der Waals surface area contributed by atoms with Gasteiger partial charge >= 0.3 is 0 Å². The van der Waals surface area contributed by atoms with Gasteiger partial charge in [-0.1, -0.05) is 52.3 Å². The van der Waals surface area contributed by atoms with E-state index in [0.29, 0.717) is 24.2 Å². The van der Waals surface area contributed by atoms with Gasteiger partial charge in [0.05, 0.1) is 21.8 Å². The van der Waals surface area contributed by atoms with E-state index >= 15 is 0 Å². The van der Waals surface area contributed by atoms with Gasteiger partial charge in [0.25, 0.3) is 0 Å². The first-order chi connectivity index (χ1) is 13.6. The van der Waals surface area contributed by atoms with Crippen molar-refractivity contribution in [2.24, 2.45) is 0 Å². The van der Waals surface area contributed by atoms with Crippen LogP contribution in [0.25, 0.3) is 21.9 Å². The summed E-state index contributed by atoms with van der Waals surface area (Å²) in [5, 5.41) is 13.5. The second-order valence-electron chi connectivity index (χ2n) is 7.43. The van der Waals surface area contributed by atoms with Crippen molar-refractivity contribution >= 4 is 37.9 Å². The number of hydrogen-bond acceptors (Lipinski definition) is 3. The molecule has 1 aliphatic rings. The lowest BCUT2D eigenvalue weighted by Crippen LogP contribution is -2.29. The summed E-state index contributed by atoms with van der Waals surface area (Å²) in [4.78, 5) is 7.88. The lowest BCUT2D eigenvalue weighted by molar-refractivity contribution is -0.575. The van der Waals surface area contributed by atoms with Gasteiger partial charge in [-0.2, -0.15) is 4.73 Å². The van der Waals surface area contributed by atoms with E-state index in [2.05, 4.69) is 32.0 Å². The van der Waals surface area contributed by atoms with Crippen molar-refractivity contribution in [2.75, 3.05) is 0 Å². The summed E-state index contributed by atoms with van der Waals surface area (Å²) in [6.07, 6.45) is 4.96. The molecule has 142 valence electrons. The predicted molar refractivity (Wildman–Crippen MR) is 112 cm³/mol. The maximum absolute atomic E-state index is 12.6. The molecule has 1 saturated carbocycles. The van der Waals surface area contributed by atoms with Crippen LogP contribution < -0.4 is 4.73 Å². The van der Waals surface area contributed by atoms with Crippen molar-refractivity contribution in [1.29, 1.82) is 0 Å². The van der Waals surface area contributed by atoms with Crippen molar-refractivity contribution in [3.05, 3.63) is 76.9 Å². The molecule has 5 nitrogen and oxygen atoms in total. The molecular formula is C22H20BrN3O2. The van der Waals surface area contributed by atoms with Crippen LogP contribution in [0.1, 0.15) is 36.2 Å². The van der Waals surface area contributed by atoms with E-state index in [0.717, 1.165) is 39.9 Å². The lowest BCUT2D eigenvalue weighted by atomic mass is 9.79. The van der Waals surface area contributed by atoms with Crippen LogP contribution >= 0.6 is 15.9 Å². The number of imidazole rings is 1. The molecule has 0 unspecified atom stereocenters. The van der Waals surface area contributed by atoms with Gasteiger partial charge in [0.2, 0.25) is 11.7 Å². The first-order valence-electron chi connectivity index (χ1n) is 9.48. The molecule has 0 atom stereocenters. The van der Waals surface area contributed by atoms with E-state index in [-0.39, 0.29) is 4.32 Å². The zero-order chi connectivity index (χ0) is 19.1. The molecule has 0 amide bonds. The van der Waals surface area contributed by atoms with E-state index in [1.54, 1.807) is 6.20 Å².